The molecule has 0 unspecified atom stereocenters. The molecule has 0 N–H and O–H groups in total. The van der Waals surface area contributed by atoms with Crippen LogP contribution in [0.15, 0.2) is 63.8 Å². The fourth-order valence-corrected chi connectivity index (χ4v) is 4.31. The van der Waals surface area contributed by atoms with E-state index < -0.39 is 11.6 Å². The number of nitrogens with zero attached hydrogens (tertiary/aromatic N) is 1. The van der Waals surface area contributed by atoms with Gasteiger partial charge in [-0.1, -0.05) is 13.3 Å². The SMILES string of the molecule is CCCc1cc(=O)oc2cc(OCC(=O)c3cc(C)n(-c4ccc(C(=O)OC)cc4)c3C)ccc12. The summed E-state index contributed by atoms with van der Waals surface area (Å²) in [6.45, 7) is 5.68. The number of aromatic nitrogens is 1. The van der Waals surface area contributed by atoms with Crippen LogP contribution in [-0.4, -0.2) is 30.0 Å². The smallest absolute Gasteiger partial charge is 0.337 e. The van der Waals surface area contributed by atoms with Crippen molar-refractivity contribution in [3.05, 3.63) is 93.1 Å². The van der Waals surface area contributed by atoms with Gasteiger partial charge in [-0.15, -0.1) is 0 Å². The summed E-state index contributed by atoms with van der Waals surface area (Å²) in [5.41, 5.74) is 4.48. The van der Waals surface area contributed by atoms with Gasteiger partial charge >= 0.3 is 11.6 Å². The molecule has 0 bridgehead atoms. The first-order valence-corrected chi connectivity index (χ1v) is 11.4. The van der Waals surface area contributed by atoms with Crippen LogP contribution in [0.1, 0.15) is 51.0 Å². The highest BCUT2D eigenvalue weighted by atomic mass is 16.5. The summed E-state index contributed by atoms with van der Waals surface area (Å²) in [7, 11) is 1.34. The molecule has 4 aromatic rings. The van der Waals surface area contributed by atoms with Gasteiger partial charge in [0.05, 0.1) is 12.7 Å². The predicted molar refractivity (Wildman–Crippen MR) is 133 cm³/mol. The third kappa shape index (κ3) is 4.89. The van der Waals surface area contributed by atoms with E-state index in [0.29, 0.717) is 22.5 Å². The van der Waals surface area contributed by atoms with E-state index in [2.05, 4.69) is 6.92 Å². The summed E-state index contributed by atoms with van der Waals surface area (Å²) in [6, 6.07) is 15.6. The Hall–Kier alpha value is -4.13. The average Bonchev–Trinajstić information content (AvgIpc) is 3.15. The Balaban J connectivity index is 1.53. The molecule has 2 heterocycles. The number of esters is 1. The zero-order chi connectivity index (χ0) is 25.1. The second-order valence-corrected chi connectivity index (χ2v) is 8.37. The van der Waals surface area contributed by atoms with Crippen LogP contribution in [0.25, 0.3) is 16.7 Å². The minimum absolute atomic E-state index is 0.157. The molecule has 0 atom stereocenters. The van der Waals surface area contributed by atoms with Gasteiger partial charge in [-0.05, 0) is 68.3 Å². The molecule has 0 aliphatic carbocycles. The normalized spacial score (nSPS) is 11.0. The van der Waals surface area contributed by atoms with E-state index in [1.165, 1.54) is 13.2 Å². The fourth-order valence-electron chi connectivity index (χ4n) is 4.31. The van der Waals surface area contributed by atoms with Gasteiger partial charge in [-0.2, -0.15) is 0 Å². The number of carbonyl (C=O) groups excluding carboxylic acids is 2. The van der Waals surface area contributed by atoms with Crippen molar-refractivity contribution >= 4 is 22.7 Å². The number of carbonyl (C=O) groups is 2. The van der Waals surface area contributed by atoms with E-state index in [9.17, 15) is 14.4 Å². The van der Waals surface area contributed by atoms with Gasteiger partial charge in [-0.3, -0.25) is 4.79 Å². The highest BCUT2D eigenvalue weighted by Gasteiger charge is 2.18. The maximum Gasteiger partial charge on any atom is 0.337 e. The summed E-state index contributed by atoms with van der Waals surface area (Å²) in [5, 5.41) is 0.867. The van der Waals surface area contributed by atoms with Crippen molar-refractivity contribution < 1.29 is 23.5 Å². The highest BCUT2D eigenvalue weighted by molar-refractivity contribution is 5.99. The fraction of sp³-hybridized carbons (Fsp3) is 0.250. The molecule has 7 nitrogen and oxygen atoms in total. The lowest BCUT2D eigenvalue weighted by molar-refractivity contribution is 0.0600. The molecule has 0 spiro atoms. The van der Waals surface area contributed by atoms with Crippen molar-refractivity contribution in [3.63, 3.8) is 0 Å². The van der Waals surface area contributed by atoms with Crippen LogP contribution < -0.4 is 10.4 Å². The number of ether oxygens (including phenoxy) is 2. The topological polar surface area (TPSA) is 87.7 Å². The first-order chi connectivity index (χ1) is 16.8. The van der Waals surface area contributed by atoms with E-state index in [1.54, 1.807) is 24.3 Å². The van der Waals surface area contributed by atoms with Gasteiger partial charge in [0, 0.05) is 40.2 Å². The largest absolute Gasteiger partial charge is 0.485 e. The van der Waals surface area contributed by atoms with E-state index in [4.69, 9.17) is 13.9 Å². The molecule has 0 aliphatic rings. The molecule has 180 valence electrons. The molecular formula is C28H27NO6. The van der Waals surface area contributed by atoms with Gasteiger partial charge in [0.25, 0.3) is 0 Å². The maximum atomic E-state index is 13.0. The quantitative estimate of drug-likeness (QED) is 0.199. The molecule has 0 saturated heterocycles. The Labute approximate surface area is 202 Å². The first kappa shape index (κ1) is 24.0. The summed E-state index contributed by atoms with van der Waals surface area (Å²) in [4.78, 5) is 36.6. The molecule has 0 radical (unpaired) electrons. The zero-order valence-corrected chi connectivity index (χ0v) is 20.2. The lowest BCUT2D eigenvalue weighted by atomic mass is 10.1. The third-order valence-electron chi connectivity index (χ3n) is 5.97. The van der Waals surface area contributed by atoms with Crippen LogP contribution in [0.3, 0.4) is 0 Å². The van der Waals surface area contributed by atoms with Gasteiger partial charge < -0.3 is 18.5 Å². The molecule has 4 rings (SSSR count). The summed E-state index contributed by atoms with van der Waals surface area (Å²) < 4.78 is 17.8. The number of rotatable bonds is 8. The van der Waals surface area contributed by atoms with Crippen LogP contribution in [0.4, 0.5) is 0 Å². The Morgan fingerprint density at radius 2 is 1.74 bits per heavy atom. The Kier molecular flexibility index (Phi) is 6.87. The number of methoxy groups -OCH3 is 1. The number of hydrogen-bond donors (Lipinski definition) is 0. The van der Waals surface area contributed by atoms with E-state index in [-0.39, 0.29) is 12.4 Å². The van der Waals surface area contributed by atoms with E-state index in [0.717, 1.165) is 40.9 Å². The van der Waals surface area contributed by atoms with Gasteiger partial charge in [0.1, 0.15) is 11.3 Å². The van der Waals surface area contributed by atoms with Crippen molar-refractivity contribution in [1.82, 2.24) is 4.57 Å². The second kappa shape index (κ2) is 10.0. The monoisotopic (exact) mass is 473 g/mol. The molecular weight excluding hydrogens is 446 g/mol. The Bertz CT molecular complexity index is 1460. The van der Waals surface area contributed by atoms with Gasteiger partial charge in [-0.25, -0.2) is 9.59 Å². The minimum atomic E-state index is -0.403. The molecule has 7 heteroatoms. The molecule has 0 fully saturated rings. The molecule has 2 aromatic heterocycles. The van der Waals surface area contributed by atoms with Gasteiger partial charge in [0.15, 0.2) is 6.61 Å². The van der Waals surface area contributed by atoms with Crippen molar-refractivity contribution in [1.29, 1.82) is 0 Å². The number of ketones is 1. The highest BCUT2D eigenvalue weighted by Crippen LogP contribution is 2.25. The third-order valence-corrected chi connectivity index (χ3v) is 5.97. The number of aryl methyl sites for hydroxylation is 2. The van der Waals surface area contributed by atoms with Gasteiger partial charge in [0.2, 0.25) is 5.78 Å². The average molecular weight is 474 g/mol. The van der Waals surface area contributed by atoms with E-state index in [1.807, 2.05) is 42.7 Å². The van der Waals surface area contributed by atoms with Crippen LogP contribution in [-0.2, 0) is 11.2 Å². The lowest BCUT2D eigenvalue weighted by Crippen LogP contribution is -2.13. The van der Waals surface area contributed by atoms with Crippen LogP contribution in [0.2, 0.25) is 0 Å². The summed E-state index contributed by atoms with van der Waals surface area (Å²) in [5.74, 6) is -0.119. The minimum Gasteiger partial charge on any atom is -0.485 e. The molecule has 35 heavy (non-hydrogen) atoms. The molecule has 2 aromatic carbocycles. The van der Waals surface area contributed by atoms with Crippen molar-refractivity contribution in [2.24, 2.45) is 0 Å². The molecule has 0 amide bonds. The number of benzene rings is 2. The van der Waals surface area contributed by atoms with Crippen molar-refractivity contribution in [2.45, 2.75) is 33.6 Å². The maximum absolute atomic E-state index is 13.0. The predicted octanol–water partition coefficient (Wildman–Crippen LogP) is 5.20. The number of Topliss-reactive ketones (excluding diaryl/α,β-unsaturated/α-hetero) is 1. The molecule has 0 saturated carbocycles. The first-order valence-electron chi connectivity index (χ1n) is 11.4. The number of fused-ring (bicyclic) bond motifs is 1. The van der Waals surface area contributed by atoms with Crippen LogP contribution >= 0.6 is 0 Å². The van der Waals surface area contributed by atoms with E-state index >= 15 is 0 Å². The number of hydrogen-bond acceptors (Lipinski definition) is 6. The van der Waals surface area contributed by atoms with Crippen LogP contribution in [0.5, 0.6) is 5.75 Å². The summed E-state index contributed by atoms with van der Waals surface area (Å²) in [6.07, 6.45) is 1.70. The van der Waals surface area contributed by atoms with Crippen LogP contribution in [0, 0.1) is 13.8 Å². The molecule has 0 aliphatic heterocycles. The Morgan fingerprint density at radius 3 is 2.43 bits per heavy atom. The zero-order valence-electron chi connectivity index (χ0n) is 20.2. The second-order valence-electron chi connectivity index (χ2n) is 8.37. The van der Waals surface area contributed by atoms with Crippen molar-refractivity contribution in [2.75, 3.05) is 13.7 Å². The standard InChI is InChI=1S/C28H27NO6/c1-5-6-20-14-27(31)35-26-15-22(11-12-23(20)26)34-16-25(30)24-13-17(2)29(18(24)3)21-9-7-19(8-10-21)28(32)33-4/h7-15H,5-6,16H2,1-4H3. The summed E-state index contributed by atoms with van der Waals surface area (Å²) >= 11 is 0. The Morgan fingerprint density at radius 1 is 1.00 bits per heavy atom. The lowest BCUT2D eigenvalue weighted by Gasteiger charge is -2.11. The van der Waals surface area contributed by atoms with Crippen molar-refractivity contribution in [3.8, 4) is 11.4 Å².